The maximum atomic E-state index is 12.6. The summed E-state index contributed by atoms with van der Waals surface area (Å²) in [6, 6.07) is 11.5. The second kappa shape index (κ2) is 5.87. The van der Waals surface area contributed by atoms with Gasteiger partial charge in [0.25, 0.3) is 5.91 Å². The summed E-state index contributed by atoms with van der Waals surface area (Å²) in [4.78, 5) is 17.1. The molecule has 0 spiro atoms. The van der Waals surface area contributed by atoms with E-state index in [0.717, 1.165) is 24.3 Å². The third-order valence-corrected chi connectivity index (χ3v) is 5.63. The van der Waals surface area contributed by atoms with Gasteiger partial charge in [0.05, 0.1) is 0 Å². The number of rotatable bonds is 4. The third kappa shape index (κ3) is 2.50. The summed E-state index contributed by atoms with van der Waals surface area (Å²) in [6.45, 7) is 4.54. The average molecular weight is 342 g/mol. The summed E-state index contributed by atoms with van der Waals surface area (Å²) in [5, 5.41) is 7.13. The fourth-order valence-electron chi connectivity index (χ4n) is 4.21. The molecule has 2 N–H and O–H groups in total. The van der Waals surface area contributed by atoms with E-state index in [1.54, 1.807) is 6.07 Å². The number of nitrogens with zero attached hydrogens (tertiary/aromatic N) is 1. The highest BCUT2D eigenvalue weighted by Crippen LogP contribution is 2.60. The number of amides is 1. The number of halogens is 1. The van der Waals surface area contributed by atoms with E-state index in [1.165, 1.54) is 0 Å². The van der Waals surface area contributed by atoms with Gasteiger partial charge in [-0.3, -0.25) is 9.78 Å². The van der Waals surface area contributed by atoms with E-state index >= 15 is 0 Å². The number of piperidine rings is 1. The van der Waals surface area contributed by atoms with Crippen molar-refractivity contribution in [2.75, 3.05) is 19.6 Å². The molecule has 2 fully saturated rings. The van der Waals surface area contributed by atoms with Gasteiger partial charge < -0.3 is 10.6 Å². The van der Waals surface area contributed by atoms with Crippen molar-refractivity contribution in [3.63, 3.8) is 0 Å². The molecular formula is C19H20ClN3O. The van der Waals surface area contributed by atoms with E-state index in [9.17, 15) is 4.79 Å². The molecule has 2 unspecified atom stereocenters. The van der Waals surface area contributed by atoms with Gasteiger partial charge in [-0.25, -0.2) is 0 Å². The Morgan fingerprint density at radius 2 is 2.12 bits per heavy atom. The minimum atomic E-state index is -0.0751. The molecule has 0 radical (unpaired) electrons. The van der Waals surface area contributed by atoms with Gasteiger partial charge in [0.2, 0.25) is 0 Å². The van der Waals surface area contributed by atoms with Crippen molar-refractivity contribution in [2.24, 2.45) is 11.8 Å². The Morgan fingerprint density at radius 3 is 2.79 bits per heavy atom. The fourth-order valence-corrected chi connectivity index (χ4v) is 4.50. The molecule has 2 aliphatic rings. The topological polar surface area (TPSA) is 54.0 Å². The molecule has 1 saturated heterocycles. The van der Waals surface area contributed by atoms with Crippen LogP contribution in [0.5, 0.6) is 0 Å². The molecule has 2 atom stereocenters. The van der Waals surface area contributed by atoms with Crippen LogP contribution in [0.1, 0.15) is 21.6 Å². The van der Waals surface area contributed by atoms with Crippen LogP contribution in [-0.2, 0) is 5.41 Å². The highest BCUT2D eigenvalue weighted by Gasteiger charge is 2.67. The monoisotopic (exact) mass is 341 g/mol. The van der Waals surface area contributed by atoms with E-state index in [4.69, 9.17) is 11.6 Å². The molecule has 1 saturated carbocycles. The standard InChI is InChI=1S/C19H20ClN3O/c1-12-6-13(8-14(20)7-12)18(24)23-11-19(15-9-21-10-16(15)19)17-4-2-3-5-22-17/h2-8,15-16,21H,9-11H2,1H3,(H,23,24). The van der Waals surface area contributed by atoms with Gasteiger partial charge in [-0.15, -0.1) is 0 Å². The Morgan fingerprint density at radius 1 is 1.33 bits per heavy atom. The molecule has 4 rings (SSSR count). The molecule has 1 aliphatic carbocycles. The van der Waals surface area contributed by atoms with Crippen LogP contribution in [0.2, 0.25) is 5.02 Å². The van der Waals surface area contributed by atoms with Crippen LogP contribution >= 0.6 is 11.6 Å². The van der Waals surface area contributed by atoms with Crippen LogP contribution in [0.3, 0.4) is 0 Å². The number of fused-ring (bicyclic) bond motifs is 1. The Labute approximate surface area is 146 Å². The lowest BCUT2D eigenvalue weighted by atomic mass is 9.94. The number of carbonyl (C=O) groups is 1. The number of benzene rings is 1. The van der Waals surface area contributed by atoms with Gasteiger partial charge in [0.1, 0.15) is 0 Å². The van der Waals surface area contributed by atoms with Crippen LogP contribution in [0, 0.1) is 18.8 Å². The predicted octanol–water partition coefficient (Wildman–Crippen LogP) is 2.56. The summed E-state index contributed by atoms with van der Waals surface area (Å²) < 4.78 is 0. The van der Waals surface area contributed by atoms with E-state index in [0.29, 0.717) is 29.0 Å². The molecule has 2 heterocycles. The highest BCUT2D eigenvalue weighted by atomic mass is 35.5. The van der Waals surface area contributed by atoms with Crippen molar-refractivity contribution in [1.29, 1.82) is 0 Å². The van der Waals surface area contributed by atoms with Gasteiger partial charge in [-0.05, 0) is 67.7 Å². The normalized spacial score (nSPS) is 27.6. The highest BCUT2D eigenvalue weighted by molar-refractivity contribution is 6.31. The zero-order valence-electron chi connectivity index (χ0n) is 13.6. The van der Waals surface area contributed by atoms with Gasteiger partial charge >= 0.3 is 0 Å². The quantitative estimate of drug-likeness (QED) is 0.898. The number of hydrogen-bond donors (Lipinski definition) is 2. The number of pyridine rings is 1. The van der Waals surface area contributed by atoms with E-state index in [2.05, 4.69) is 21.7 Å². The largest absolute Gasteiger partial charge is 0.351 e. The molecule has 5 heteroatoms. The maximum absolute atomic E-state index is 12.6. The predicted molar refractivity (Wildman–Crippen MR) is 94.3 cm³/mol. The molecule has 1 aromatic heterocycles. The van der Waals surface area contributed by atoms with Crippen molar-refractivity contribution in [3.05, 3.63) is 64.4 Å². The molecule has 4 nitrogen and oxygen atoms in total. The van der Waals surface area contributed by atoms with Crippen LogP contribution in [-0.4, -0.2) is 30.5 Å². The average Bonchev–Trinajstić information content (AvgIpc) is 2.91. The summed E-state index contributed by atoms with van der Waals surface area (Å²) in [5.41, 5.74) is 2.65. The summed E-state index contributed by atoms with van der Waals surface area (Å²) in [7, 11) is 0. The van der Waals surface area contributed by atoms with Gasteiger partial charge in [-0.1, -0.05) is 17.7 Å². The van der Waals surface area contributed by atoms with Crippen LogP contribution in [0.25, 0.3) is 0 Å². The van der Waals surface area contributed by atoms with Crippen molar-refractivity contribution >= 4 is 17.5 Å². The first-order chi connectivity index (χ1) is 11.6. The number of aromatic nitrogens is 1. The SMILES string of the molecule is Cc1cc(Cl)cc(C(=O)NCC2(c3ccccn3)C3CNCC32)c1. The second-order valence-corrected chi connectivity index (χ2v) is 7.26. The minimum absolute atomic E-state index is 0.0320. The fraction of sp³-hybridized carbons (Fsp3) is 0.368. The number of hydrogen-bond acceptors (Lipinski definition) is 3. The first kappa shape index (κ1) is 15.6. The van der Waals surface area contributed by atoms with Crippen molar-refractivity contribution in [1.82, 2.24) is 15.6 Å². The summed E-state index contributed by atoms with van der Waals surface area (Å²) >= 11 is 6.07. The third-order valence-electron chi connectivity index (χ3n) is 5.42. The molecule has 0 bridgehead atoms. The van der Waals surface area contributed by atoms with Crippen LogP contribution < -0.4 is 10.6 Å². The van der Waals surface area contributed by atoms with Gasteiger partial charge in [-0.2, -0.15) is 0 Å². The maximum Gasteiger partial charge on any atom is 0.251 e. The summed E-state index contributed by atoms with van der Waals surface area (Å²) in [5.74, 6) is 1.02. The lowest BCUT2D eigenvalue weighted by Gasteiger charge is -2.21. The molecule has 1 aromatic carbocycles. The number of nitrogens with one attached hydrogen (secondary N) is 2. The Balaban J connectivity index is 1.54. The first-order valence-corrected chi connectivity index (χ1v) is 8.66. The smallest absolute Gasteiger partial charge is 0.251 e. The van der Waals surface area contributed by atoms with E-state index < -0.39 is 0 Å². The van der Waals surface area contributed by atoms with Gasteiger partial charge in [0, 0.05) is 34.4 Å². The van der Waals surface area contributed by atoms with Crippen molar-refractivity contribution in [2.45, 2.75) is 12.3 Å². The van der Waals surface area contributed by atoms with Crippen LogP contribution in [0.4, 0.5) is 0 Å². The van der Waals surface area contributed by atoms with Gasteiger partial charge in [0.15, 0.2) is 0 Å². The first-order valence-electron chi connectivity index (χ1n) is 8.29. The lowest BCUT2D eigenvalue weighted by molar-refractivity contribution is 0.0947. The minimum Gasteiger partial charge on any atom is -0.351 e. The zero-order chi connectivity index (χ0) is 16.7. The molecule has 2 aromatic rings. The molecule has 24 heavy (non-hydrogen) atoms. The number of aryl methyl sites for hydroxylation is 1. The Bertz CT molecular complexity index is 747. The lowest BCUT2D eigenvalue weighted by Crippen LogP contribution is -2.38. The Hall–Kier alpha value is -1.91. The second-order valence-electron chi connectivity index (χ2n) is 6.83. The molecule has 124 valence electrons. The van der Waals surface area contributed by atoms with Crippen molar-refractivity contribution < 1.29 is 4.79 Å². The zero-order valence-corrected chi connectivity index (χ0v) is 14.3. The van der Waals surface area contributed by atoms with Crippen molar-refractivity contribution in [3.8, 4) is 0 Å². The summed E-state index contributed by atoms with van der Waals surface area (Å²) in [6.07, 6.45) is 1.83. The molecular weight excluding hydrogens is 322 g/mol. The molecule has 1 amide bonds. The Kier molecular flexibility index (Phi) is 3.82. The molecule has 1 aliphatic heterocycles. The van der Waals surface area contributed by atoms with E-state index in [1.807, 2.05) is 37.4 Å². The van der Waals surface area contributed by atoms with E-state index in [-0.39, 0.29) is 11.3 Å². The number of carbonyl (C=O) groups excluding carboxylic acids is 1. The van der Waals surface area contributed by atoms with Crippen LogP contribution in [0.15, 0.2) is 42.6 Å².